The summed E-state index contributed by atoms with van der Waals surface area (Å²) in [6.45, 7) is 0. The van der Waals surface area contributed by atoms with Gasteiger partial charge in [0.15, 0.2) is 5.78 Å². The molecular weight excluding hydrogens is 316 g/mol. The van der Waals surface area contributed by atoms with Crippen molar-refractivity contribution in [3.8, 4) is 0 Å². The van der Waals surface area contributed by atoms with Crippen molar-refractivity contribution in [2.24, 2.45) is 17.8 Å². The molecule has 0 aliphatic heterocycles. The summed E-state index contributed by atoms with van der Waals surface area (Å²) in [6.07, 6.45) is 12.0. The molecule has 0 saturated heterocycles. The number of carbonyl (C=O) groups excluding carboxylic acids is 1. The van der Waals surface area contributed by atoms with E-state index in [1.54, 1.807) is 6.08 Å². The zero-order chi connectivity index (χ0) is 17.6. The minimum absolute atomic E-state index is 0.112. The average molecular weight is 342 g/mol. The van der Waals surface area contributed by atoms with Gasteiger partial charge in [0.25, 0.3) is 0 Å². The second kappa shape index (κ2) is 6.23. The molecule has 0 heterocycles. The molecule has 0 amide bonds. The van der Waals surface area contributed by atoms with Crippen LogP contribution in [0.25, 0.3) is 6.08 Å². The van der Waals surface area contributed by atoms with Crippen LogP contribution < -0.4 is 0 Å². The quantitative estimate of drug-likeness (QED) is 0.488. The SMILES string of the molecule is O=C(C=Cc1ccccc1)c1cccc(C23CC4CC(CC(C4)C2)C3)c1. The van der Waals surface area contributed by atoms with Crippen molar-refractivity contribution in [1.82, 2.24) is 0 Å². The number of hydrogen-bond acceptors (Lipinski definition) is 1. The molecule has 2 aromatic carbocycles. The van der Waals surface area contributed by atoms with E-state index in [2.05, 4.69) is 18.2 Å². The smallest absolute Gasteiger partial charge is 0.185 e. The highest BCUT2D eigenvalue weighted by molar-refractivity contribution is 6.06. The zero-order valence-electron chi connectivity index (χ0n) is 15.2. The van der Waals surface area contributed by atoms with E-state index >= 15 is 0 Å². The van der Waals surface area contributed by atoms with Crippen LogP contribution in [0.1, 0.15) is 60.0 Å². The van der Waals surface area contributed by atoms with Gasteiger partial charge in [0.05, 0.1) is 0 Å². The summed E-state index contributed by atoms with van der Waals surface area (Å²) < 4.78 is 0. The second-order valence-corrected chi connectivity index (χ2v) is 8.89. The molecule has 4 saturated carbocycles. The number of carbonyl (C=O) groups is 1. The highest BCUT2D eigenvalue weighted by Gasteiger charge is 2.51. The van der Waals surface area contributed by atoms with Crippen molar-refractivity contribution in [2.45, 2.75) is 43.9 Å². The van der Waals surface area contributed by atoms with Gasteiger partial charge < -0.3 is 0 Å². The zero-order valence-corrected chi connectivity index (χ0v) is 15.2. The lowest BCUT2D eigenvalue weighted by molar-refractivity contribution is -0.00520. The van der Waals surface area contributed by atoms with E-state index in [0.717, 1.165) is 28.9 Å². The fraction of sp³-hybridized carbons (Fsp3) is 0.400. The van der Waals surface area contributed by atoms with Crippen LogP contribution in [0.5, 0.6) is 0 Å². The molecule has 1 heteroatoms. The van der Waals surface area contributed by atoms with Crippen LogP contribution in [0.4, 0.5) is 0 Å². The molecule has 26 heavy (non-hydrogen) atoms. The first-order valence-electron chi connectivity index (χ1n) is 10.1. The Morgan fingerprint density at radius 1 is 0.846 bits per heavy atom. The normalized spacial score (nSPS) is 32.2. The Morgan fingerprint density at radius 2 is 1.50 bits per heavy atom. The third-order valence-corrected chi connectivity index (χ3v) is 7.02. The van der Waals surface area contributed by atoms with E-state index in [1.165, 1.54) is 44.1 Å². The second-order valence-electron chi connectivity index (χ2n) is 8.89. The summed E-state index contributed by atoms with van der Waals surface area (Å²) in [4.78, 5) is 12.7. The first-order valence-corrected chi connectivity index (χ1v) is 10.1. The predicted molar refractivity (Wildman–Crippen MR) is 106 cm³/mol. The first kappa shape index (κ1) is 16.1. The van der Waals surface area contributed by atoms with Crippen LogP contribution in [0, 0.1) is 17.8 Å². The van der Waals surface area contributed by atoms with Gasteiger partial charge in [0.2, 0.25) is 0 Å². The van der Waals surface area contributed by atoms with E-state index in [4.69, 9.17) is 0 Å². The number of hydrogen-bond donors (Lipinski definition) is 0. The summed E-state index contributed by atoms with van der Waals surface area (Å²) in [5.74, 6) is 2.90. The molecule has 0 aromatic heterocycles. The fourth-order valence-electron chi connectivity index (χ4n) is 6.30. The van der Waals surface area contributed by atoms with Crippen LogP contribution >= 0.6 is 0 Å². The Labute approximate surface area is 156 Å². The Morgan fingerprint density at radius 3 is 2.15 bits per heavy atom. The van der Waals surface area contributed by atoms with Gasteiger partial charge in [-0.15, -0.1) is 0 Å². The lowest BCUT2D eigenvalue weighted by Gasteiger charge is -2.57. The summed E-state index contributed by atoms with van der Waals surface area (Å²) in [7, 11) is 0. The largest absolute Gasteiger partial charge is 0.289 e. The van der Waals surface area contributed by atoms with Crippen molar-refractivity contribution in [1.29, 1.82) is 0 Å². The van der Waals surface area contributed by atoms with Crippen LogP contribution in [0.3, 0.4) is 0 Å². The number of benzene rings is 2. The molecule has 4 aliphatic rings. The lowest BCUT2D eigenvalue weighted by atomic mass is 9.48. The lowest BCUT2D eigenvalue weighted by Crippen LogP contribution is -2.48. The van der Waals surface area contributed by atoms with Crippen LogP contribution in [0.2, 0.25) is 0 Å². The summed E-state index contributed by atoms with van der Waals surface area (Å²) in [5, 5.41) is 0. The molecule has 4 fully saturated rings. The molecule has 0 atom stereocenters. The third-order valence-electron chi connectivity index (χ3n) is 7.02. The van der Waals surface area contributed by atoms with Crippen molar-refractivity contribution in [3.63, 3.8) is 0 Å². The molecular formula is C25H26O. The number of rotatable bonds is 4. The van der Waals surface area contributed by atoms with Gasteiger partial charge in [-0.3, -0.25) is 4.79 Å². The fourth-order valence-corrected chi connectivity index (χ4v) is 6.30. The van der Waals surface area contributed by atoms with Gasteiger partial charge in [-0.1, -0.05) is 54.6 Å². The Hall–Kier alpha value is -2.15. The summed E-state index contributed by atoms with van der Waals surface area (Å²) in [5.41, 5.74) is 3.69. The molecule has 6 rings (SSSR count). The first-order chi connectivity index (χ1) is 12.7. The molecule has 0 radical (unpaired) electrons. The molecule has 2 aromatic rings. The van der Waals surface area contributed by atoms with Gasteiger partial charge in [0, 0.05) is 5.56 Å². The van der Waals surface area contributed by atoms with E-state index in [9.17, 15) is 4.79 Å². The summed E-state index contributed by atoms with van der Waals surface area (Å²) >= 11 is 0. The van der Waals surface area contributed by atoms with Gasteiger partial charge in [-0.2, -0.15) is 0 Å². The highest BCUT2D eigenvalue weighted by atomic mass is 16.1. The van der Waals surface area contributed by atoms with Gasteiger partial charge in [0.1, 0.15) is 0 Å². The van der Waals surface area contributed by atoms with Crippen LogP contribution in [0.15, 0.2) is 60.7 Å². The average Bonchev–Trinajstić information content (AvgIpc) is 2.66. The van der Waals surface area contributed by atoms with E-state index in [0.29, 0.717) is 5.41 Å². The maximum absolute atomic E-state index is 12.7. The van der Waals surface area contributed by atoms with E-state index in [1.807, 2.05) is 42.5 Å². The monoisotopic (exact) mass is 342 g/mol. The molecule has 0 spiro atoms. The van der Waals surface area contributed by atoms with E-state index < -0.39 is 0 Å². The van der Waals surface area contributed by atoms with Crippen LogP contribution in [-0.4, -0.2) is 5.78 Å². The van der Waals surface area contributed by atoms with Crippen LogP contribution in [-0.2, 0) is 5.41 Å². The molecule has 1 nitrogen and oxygen atoms in total. The van der Waals surface area contributed by atoms with Crippen molar-refractivity contribution in [2.75, 3.05) is 0 Å². The molecule has 0 unspecified atom stereocenters. The van der Waals surface area contributed by atoms with Crippen molar-refractivity contribution >= 4 is 11.9 Å². The topological polar surface area (TPSA) is 17.1 Å². The minimum atomic E-state index is 0.112. The van der Waals surface area contributed by atoms with Gasteiger partial charge >= 0.3 is 0 Å². The number of allylic oxidation sites excluding steroid dienone is 1. The maximum Gasteiger partial charge on any atom is 0.185 e. The van der Waals surface area contributed by atoms with Gasteiger partial charge in [-0.05, 0) is 85.0 Å². The molecule has 0 N–H and O–H groups in total. The Balaban J connectivity index is 1.41. The highest BCUT2D eigenvalue weighted by Crippen LogP contribution is 2.60. The standard InChI is InChI=1S/C25H26O/c26-24(10-9-18-5-2-1-3-6-18)22-7-4-8-23(14-22)25-15-19-11-20(16-25)13-21(12-19)17-25/h1-10,14,19-21H,11-13,15-17H2. The van der Waals surface area contributed by atoms with Crippen molar-refractivity contribution < 1.29 is 4.79 Å². The molecule has 132 valence electrons. The van der Waals surface area contributed by atoms with E-state index in [-0.39, 0.29) is 5.78 Å². The number of ketones is 1. The molecule has 4 aliphatic carbocycles. The predicted octanol–water partition coefficient (Wildman–Crippen LogP) is 6.05. The minimum Gasteiger partial charge on any atom is -0.289 e. The molecule has 4 bridgehead atoms. The Kier molecular flexibility index (Phi) is 3.85. The third kappa shape index (κ3) is 2.84. The van der Waals surface area contributed by atoms with Crippen molar-refractivity contribution in [3.05, 3.63) is 77.4 Å². The summed E-state index contributed by atoms with van der Waals surface area (Å²) in [6, 6.07) is 18.6. The Bertz CT molecular complexity index is 810. The maximum atomic E-state index is 12.7. The van der Waals surface area contributed by atoms with Gasteiger partial charge in [-0.25, -0.2) is 0 Å².